The van der Waals surface area contributed by atoms with Gasteiger partial charge in [-0.1, -0.05) is 87.5 Å². The maximum absolute atomic E-state index is 13.8. The number of benzene rings is 3. The molecule has 3 aromatic carbocycles. The maximum atomic E-state index is 13.8. The molecule has 1 aliphatic heterocycles. The van der Waals surface area contributed by atoms with Gasteiger partial charge in [-0.3, -0.25) is 5.32 Å². The van der Waals surface area contributed by atoms with Crippen molar-refractivity contribution in [2.24, 2.45) is 0 Å². The van der Waals surface area contributed by atoms with E-state index in [4.69, 9.17) is 14.1 Å². The van der Waals surface area contributed by atoms with E-state index in [1.54, 1.807) is 11.7 Å². The Hall–Kier alpha value is -3.81. The van der Waals surface area contributed by atoms with Crippen LogP contribution in [0.4, 0.5) is 5.82 Å². The minimum Gasteiger partial charge on any atom is -0.543 e. The van der Waals surface area contributed by atoms with Gasteiger partial charge in [0, 0.05) is 25.5 Å². The van der Waals surface area contributed by atoms with Crippen LogP contribution in [0.3, 0.4) is 0 Å². The molecule has 0 bridgehead atoms. The van der Waals surface area contributed by atoms with Crippen molar-refractivity contribution >= 4 is 20.0 Å². The van der Waals surface area contributed by atoms with Crippen molar-refractivity contribution in [3.05, 3.63) is 107 Å². The standard InChI is InChI=1S/C34H39N3O3Si/c1-34(2,3)41(5,6)40-28-17-11-16-27(21-28)31-22-37-32(29(35-31)19-24-12-8-7-9-13-24)36-30(33(37)38)20-25-14-10-15-26(18-25)23-39-4/h7-18,21-22,30H,19-20,23H2,1-6H3/p+1. The van der Waals surface area contributed by atoms with Crippen LogP contribution in [0.1, 0.15) is 48.0 Å². The number of nitrogens with zero attached hydrogens (tertiary/aromatic N) is 2. The fourth-order valence-electron chi connectivity index (χ4n) is 4.88. The third-order valence-corrected chi connectivity index (χ3v) is 12.5. The quantitative estimate of drug-likeness (QED) is 0.178. The van der Waals surface area contributed by atoms with Gasteiger partial charge in [0.1, 0.15) is 23.3 Å². The fraction of sp³-hybridized carbons (Fsp3) is 0.324. The van der Waals surface area contributed by atoms with Crippen molar-refractivity contribution < 1.29 is 18.5 Å². The molecule has 2 heterocycles. The lowest BCUT2D eigenvalue weighted by Gasteiger charge is -2.36. The highest BCUT2D eigenvalue weighted by Crippen LogP contribution is 2.38. The molecule has 4 aromatic rings. The number of anilines is 1. The van der Waals surface area contributed by atoms with Crippen molar-refractivity contribution in [3.8, 4) is 17.0 Å². The van der Waals surface area contributed by atoms with Crippen molar-refractivity contribution in [1.29, 1.82) is 0 Å². The van der Waals surface area contributed by atoms with E-state index in [1.807, 2.05) is 60.8 Å². The van der Waals surface area contributed by atoms with Crippen LogP contribution in [0.2, 0.25) is 18.1 Å². The molecule has 0 spiro atoms. The minimum absolute atomic E-state index is 0.0174. The number of carbonyl (C=O) groups excluding carboxylic acids is 1. The number of methoxy groups -OCH3 is 1. The molecule has 1 N–H and O–H groups in total. The summed E-state index contributed by atoms with van der Waals surface area (Å²) in [6.07, 6.45) is 3.06. The molecular formula is C34H40N3O3Si+. The summed E-state index contributed by atoms with van der Waals surface area (Å²) in [5.41, 5.74) is 5.84. The highest BCUT2D eigenvalue weighted by atomic mass is 28.4. The molecule has 1 unspecified atom stereocenters. The smallest absolute Gasteiger partial charge is 0.359 e. The van der Waals surface area contributed by atoms with Crippen LogP contribution < -0.4 is 14.3 Å². The van der Waals surface area contributed by atoms with Gasteiger partial charge >= 0.3 is 11.7 Å². The van der Waals surface area contributed by atoms with Gasteiger partial charge in [0.05, 0.1) is 6.61 Å². The van der Waals surface area contributed by atoms with Crippen LogP contribution in [0.25, 0.3) is 11.3 Å². The monoisotopic (exact) mass is 566 g/mol. The van der Waals surface area contributed by atoms with Crippen LogP contribution in [0, 0.1) is 0 Å². The van der Waals surface area contributed by atoms with E-state index in [-0.39, 0.29) is 17.0 Å². The Labute approximate surface area is 244 Å². The number of nitrogens with one attached hydrogen (secondary N) is 1. The average molecular weight is 567 g/mol. The number of hydrogen-bond donors (Lipinski definition) is 1. The predicted molar refractivity (Wildman–Crippen MR) is 166 cm³/mol. The first kappa shape index (κ1) is 28.7. The summed E-state index contributed by atoms with van der Waals surface area (Å²) < 4.78 is 13.7. The molecule has 0 aliphatic carbocycles. The van der Waals surface area contributed by atoms with Gasteiger partial charge in [0.25, 0.3) is 0 Å². The normalized spacial score (nSPS) is 15.0. The van der Waals surface area contributed by atoms with E-state index in [0.29, 0.717) is 19.4 Å². The topological polar surface area (TPSA) is 64.3 Å². The van der Waals surface area contributed by atoms with Crippen molar-refractivity contribution in [2.75, 3.05) is 12.4 Å². The molecule has 1 aliphatic rings. The summed E-state index contributed by atoms with van der Waals surface area (Å²) in [6, 6.07) is 26.2. The summed E-state index contributed by atoms with van der Waals surface area (Å²) in [7, 11) is -0.322. The van der Waals surface area contributed by atoms with Gasteiger partial charge in [-0.25, -0.2) is 9.78 Å². The molecule has 0 saturated carbocycles. The van der Waals surface area contributed by atoms with Crippen LogP contribution in [-0.4, -0.2) is 32.4 Å². The second kappa shape index (κ2) is 11.6. The van der Waals surface area contributed by atoms with Crippen molar-refractivity contribution in [1.82, 2.24) is 4.98 Å². The number of rotatable bonds is 9. The van der Waals surface area contributed by atoms with Crippen molar-refractivity contribution in [2.45, 2.75) is 64.4 Å². The average Bonchev–Trinajstić information content (AvgIpc) is 3.24. The van der Waals surface area contributed by atoms with Gasteiger partial charge < -0.3 is 9.16 Å². The molecule has 41 heavy (non-hydrogen) atoms. The lowest BCUT2D eigenvalue weighted by Crippen LogP contribution is -2.44. The van der Waals surface area contributed by atoms with Crippen LogP contribution in [0.5, 0.6) is 5.75 Å². The van der Waals surface area contributed by atoms with Gasteiger partial charge in [0.2, 0.25) is 8.32 Å². The third kappa shape index (κ3) is 6.42. The van der Waals surface area contributed by atoms with Crippen LogP contribution in [-0.2, 0) is 24.2 Å². The van der Waals surface area contributed by atoms with Gasteiger partial charge in [-0.05, 0) is 47.0 Å². The summed E-state index contributed by atoms with van der Waals surface area (Å²) in [5.74, 6) is 1.61. The largest absolute Gasteiger partial charge is 0.543 e. The van der Waals surface area contributed by atoms with E-state index in [1.165, 1.54) is 0 Å². The summed E-state index contributed by atoms with van der Waals surface area (Å²) in [4.78, 5) is 18.9. The summed E-state index contributed by atoms with van der Waals surface area (Å²) in [6.45, 7) is 11.7. The minimum atomic E-state index is -2.01. The second-order valence-corrected chi connectivity index (χ2v) is 17.1. The molecule has 1 aromatic heterocycles. The Kier molecular flexibility index (Phi) is 8.11. The maximum Gasteiger partial charge on any atom is 0.359 e. The number of hydrogen-bond acceptors (Lipinski definition) is 5. The molecule has 0 saturated heterocycles. The second-order valence-electron chi connectivity index (χ2n) is 12.3. The van der Waals surface area contributed by atoms with E-state index < -0.39 is 8.32 Å². The molecule has 0 amide bonds. The zero-order chi connectivity index (χ0) is 29.2. The molecule has 5 rings (SSSR count). The zero-order valence-electron chi connectivity index (χ0n) is 24.9. The number of fused-ring (bicyclic) bond motifs is 1. The SMILES string of the molecule is COCc1cccc(CC2Nc3c(Cc4ccccc4)nc(-c4cccc(O[Si](C)(C)C(C)(C)C)c4)c[n+]3C2=O)c1. The number of carbonyl (C=O) groups is 1. The first-order valence-electron chi connectivity index (χ1n) is 14.2. The highest BCUT2D eigenvalue weighted by Gasteiger charge is 2.41. The fourth-order valence-corrected chi connectivity index (χ4v) is 5.90. The molecular weight excluding hydrogens is 526 g/mol. The first-order chi connectivity index (χ1) is 19.5. The zero-order valence-corrected chi connectivity index (χ0v) is 25.9. The Morgan fingerprint density at radius 3 is 2.37 bits per heavy atom. The molecule has 212 valence electrons. The van der Waals surface area contributed by atoms with Crippen LogP contribution >= 0.6 is 0 Å². The van der Waals surface area contributed by atoms with E-state index in [2.05, 4.69) is 63.4 Å². The van der Waals surface area contributed by atoms with Gasteiger partial charge in [-0.2, -0.15) is 4.57 Å². The molecule has 7 heteroatoms. The van der Waals surface area contributed by atoms with Crippen molar-refractivity contribution in [3.63, 3.8) is 0 Å². The predicted octanol–water partition coefficient (Wildman–Crippen LogP) is 6.83. The lowest BCUT2D eigenvalue weighted by atomic mass is 10.0. The number of aromatic nitrogens is 2. The number of ether oxygens (including phenoxy) is 1. The first-order valence-corrected chi connectivity index (χ1v) is 17.1. The van der Waals surface area contributed by atoms with Gasteiger partial charge in [0.15, 0.2) is 6.04 Å². The molecule has 0 fully saturated rings. The summed E-state index contributed by atoms with van der Waals surface area (Å²) >= 11 is 0. The Morgan fingerprint density at radius 1 is 0.927 bits per heavy atom. The highest BCUT2D eigenvalue weighted by molar-refractivity contribution is 6.74. The Bertz CT molecular complexity index is 1550. The third-order valence-electron chi connectivity index (χ3n) is 8.13. The van der Waals surface area contributed by atoms with E-state index in [0.717, 1.165) is 45.2 Å². The Morgan fingerprint density at radius 2 is 1.63 bits per heavy atom. The molecule has 1 atom stereocenters. The van der Waals surface area contributed by atoms with E-state index in [9.17, 15) is 4.79 Å². The lowest BCUT2D eigenvalue weighted by molar-refractivity contribution is -0.552. The molecule has 6 nitrogen and oxygen atoms in total. The molecule has 0 radical (unpaired) electrons. The summed E-state index contributed by atoms with van der Waals surface area (Å²) in [5, 5.41) is 3.60. The van der Waals surface area contributed by atoms with Gasteiger partial charge in [-0.15, -0.1) is 0 Å². The van der Waals surface area contributed by atoms with E-state index >= 15 is 0 Å². The Balaban J connectivity index is 1.50. The van der Waals surface area contributed by atoms with Crippen LogP contribution in [0.15, 0.2) is 85.1 Å².